The SMILES string of the molecule is CC1(C)CC(Nc2ccc(Br)c(Cl)c2Cl)C(C)(C)O1. The molecule has 0 saturated carbocycles. The van der Waals surface area contributed by atoms with E-state index in [1.54, 1.807) is 0 Å². The van der Waals surface area contributed by atoms with E-state index in [9.17, 15) is 0 Å². The molecule has 1 aromatic carbocycles. The third-order valence-electron chi connectivity index (χ3n) is 3.44. The summed E-state index contributed by atoms with van der Waals surface area (Å²) in [5.41, 5.74) is 0.466. The van der Waals surface area contributed by atoms with Crippen LogP contribution in [0.5, 0.6) is 0 Å². The van der Waals surface area contributed by atoms with E-state index in [0.29, 0.717) is 10.0 Å². The lowest BCUT2D eigenvalue weighted by Gasteiger charge is -2.28. The van der Waals surface area contributed by atoms with Gasteiger partial charge in [0.2, 0.25) is 0 Å². The van der Waals surface area contributed by atoms with E-state index in [1.807, 2.05) is 12.1 Å². The van der Waals surface area contributed by atoms with Crippen LogP contribution in [-0.2, 0) is 4.74 Å². The standard InChI is InChI=1S/C14H18BrCl2NO/c1-13(2)7-10(14(3,4)19-13)18-9-6-5-8(15)11(16)12(9)17/h5-6,10,18H,7H2,1-4H3. The van der Waals surface area contributed by atoms with Crippen LogP contribution in [0.1, 0.15) is 34.1 Å². The first-order chi connectivity index (χ1) is 8.62. The first kappa shape index (κ1) is 15.4. The van der Waals surface area contributed by atoms with Crippen LogP contribution in [0.2, 0.25) is 10.0 Å². The van der Waals surface area contributed by atoms with Gasteiger partial charge < -0.3 is 10.1 Å². The molecule has 1 fully saturated rings. The molecule has 0 spiro atoms. The molecule has 1 aliphatic rings. The Bertz CT molecular complexity index is 502. The molecule has 1 atom stereocenters. The van der Waals surface area contributed by atoms with Crippen LogP contribution >= 0.6 is 39.1 Å². The molecular weight excluding hydrogens is 349 g/mol. The van der Waals surface area contributed by atoms with Crippen LogP contribution in [-0.4, -0.2) is 17.2 Å². The van der Waals surface area contributed by atoms with Crippen molar-refractivity contribution in [2.45, 2.75) is 51.4 Å². The zero-order valence-electron chi connectivity index (χ0n) is 11.5. The van der Waals surface area contributed by atoms with Gasteiger partial charge in [0, 0.05) is 4.47 Å². The van der Waals surface area contributed by atoms with E-state index in [0.717, 1.165) is 16.6 Å². The third-order valence-corrected chi connectivity index (χ3v) is 5.21. The van der Waals surface area contributed by atoms with Gasteiger partial charge in [-0.25, -0.2) is 0 Å². The van der Waals surface area contributed by atoms with Crippen LogP contribution in [0.3, 0.4) is 0 Å². The fraction of sp³-hybridized carbons (Fsp3) is 0.571. The molecule has 0 aromatic heterocycles. The van der Waals surface area contributed by atoms with Gasteiger partial charge in [-0.15, -0.1) is 0 Å². The van der Waals surface area contributed by atoms with E-state index in [2.05, 4.69) is 48.9 Å². The van der Waals surface area contributed by atoms with Crippen molar-refractivity contribution >= 4 is 44.8 Å². The quantitative estimate of drug-likeness (QED) is 0.696. The molecule has 1 aromatic rings. The Kier molecular flexibility index (Phi) is 4.14. The molecule has 2 rings (SSSR count). The first-order valence-electron chi connectivity index (χ1n) is 6.23. The second-order valence-corrected chi connectivity index (χ2v) is 7.70. The van der Waals surface area contributed by atoms with Crippen LogP contribution in [0.15, 0.2) is 16.6 Å². The van der Waals surface area contributed by atoms with Gasteiger partial charge in [0.05, 0.1) is 33.0 Å². The Hall–Kier alpha value is 0.0400. The number of halogens is 3. The van der Waals surface area contributed by atoms with Crippen LogP contribution in [0, 0.1) is 0 Å². The average molecular weight is 367 g/mol. The lowest BCUT2D eigenvalue weighted by atomic mass is 9.94. The van der Waals surface area contributed by atoms with Crippen molar-refractivity contribution in [1.29, 1.82) is 0 Å². The van der Waals surface area contributed by atoms with Crippen molar-refractivity contribution < 1.29 is 4.74 Å². The maximum Gasteiger partial charge on any atom is 0.0835 e. The second-order valence-electron chi connectivity index (χ2n) is 6.09. The van der Waals surface area contributed by atoms with E-state index >= 15 is 0 Å². The van der Waals surface area contributed by atoms with Crippen molar-refractivity contribution in [3.05, 3.63) is 26.7 Å². The highest BCUT2D eigenvalue weighted by Gasteiger charge is 2.46. The molecule has 0 bridgehead atoms. The Morgan fingerprint density at radius 2 is 1.84 bits per heavy atom. The molecule has 19 heavy (non-hydrogen) atoms. The molecule has 1 N–H and O–H groups in total. The highest BCUT2D eigenvalue weighted by Crippen LogP contribution is 2.41. The van der Waals surface area contributed by atoms with Crippen molar-refractivity contribution in [2.24, 2.45) is 0 Å². The minimum Gasteiger partial charge on any atom is -0.378 e. The fourth-order valence-electron chi connectivity index (χ4n) is 2.61. The van der Waals surface area contributed by atoms with E-state index in [-0.39, 0.29) is 17.2 Å². The number of hydrogen-bond donors (Lipinski definition) is 1. The van der Waals surface area contributed by atoms with Gasteiger partial charge in [-0.3, -0.25) is 0 Å². The molecule has 1 aliphatic heterocycles. The van der Waals surface area contributed by atoms with Gasteiger partial charge in [0.25, 0.3) is 0 Å². The molecule has 1 saturated heterocycles. The summed E-state index contributed by atoms with van der Waals surface area (Å²) in [5, 5.41) is 4.53. The van der Waals surface area contributed by atoms with E-state index in [1.165, 1.54) is 0 Å². The maximum absolute atomic E-state index is 6.28. The Morgan fingerprint density at radius 3 is 2.37 bits per heavy atom. The monoisotopic (exact) mass is 365 g/mol. The zero-order valence-corrected chi connectivity index (χ0v) is 14.6. The number of nitrogens with one attached hydrogen (secondary N) is 1. The molecule has 0 radical (unpaired) electrons. The molecule has 1 unspecified atom stereocenters. The minimum absolute atomic E-state index is 0.132. The minimum atomic E-state index is -0.244. The Balaban J connectivity index is 2.25. The predicted molar refractivity (Wildman–Crippen MR) is 85.4 cm³/mol. The summed E-state index contributed by atoms with van der Waals surface area (Å²) in [6, 6.07) is 4.02. The average Bonchev–Trinajstić information content (AvgIpc) is 2.47. The van der Waals surface area contributed by atoms with Crippen molar-refractivity contribution in [2.75, 3.05) is 5.32 Å². The van der Waals surface area contributed by atoms with Gasteiger partial charge in [0.15, 0.2) is 0 Å². The van der Waals surface area contributed by atoms with Crippen LogP contribution < -0.4 is 5.32 Å². The Labute approximate surface area is 132 Å². The molecule has 1 heterocycles. The molecule has 0 aliphatic carbocycles. The summed E-state index contributed by atoms with van der Waals surface area (Å²) in [6.45, 7) is 8.39. The van der Waals surface area contributed by atoms with Crippen molar-refractivity contribution in [3.63, 3.8) is 0 Å². The third kappa shape index (κ3) is 3.21. The van der Waals surface area contributed by atoms with Gasteiger partial charge >= 0.3 is 0 Å². The summed E-state index contributed by atoms with van der Waals surface area (Å²) in [5.74, 6) is 0. The number of benzene rings is 1. The molecule has 2 nitrogen and oxygen atoms in total. The van der Waals surface area contributed by atoms with Gasteiger partial charge in [-0.05, 0) is 62.2 Å². The van der Waals surface area contributed by atoms with Crippen molar-refractivity contribution in [1.82, 2.24) is 0 Å². The predicted octanol–water partition coefficient (Wildman–Crippen LogP) is 5.51. The highest BCUT2D eigenvalue weighted by molar-refractivity contribution is 9.10. The van der Waals surface area contributed by atoms with E-state index in [4.69, 9.17) is 27.9 Å². The number of hydrogen-bond acceptors (Lipinski definition) is 2. The van der Waals surface area contributed by atoms with Crippen LogP contribution in [0.4, 0.5) is 5.69 Å². The normalized spacial score (nSPS) is 24.5. The first-order valence-corrected chi connectivity index (χ1v) is 7.77. The van der Waals surface area contributed by atoms with Crippen LogP contribution in [0.25, 0.3) is 0 Å². The molecule has 106 valence electrons. The fourth-order valence-corrected chi connectivity index (χ4v) is 3.44. The second kappa shape index (κ2) is 5.10. The van der Waals surface area contributed by atoms with Gasteiger partial charge in [-0.1, -0.05) is 23.2 Å². The maximum atomic E-state index is 6.28. The number of anilines is 1. The van der Waals surface area contributed by atoms with Crippen molar-refractivity contribution in [3.8, 4) is 0 Å². The topological polar surface area (TPSA) is 21.3 Å². The lowest BCUT2D eigenvalue weighted by Crippen LogP contribution is -2.38. The molecule has 5 heteroatoms. The largest absolute Gasteiger partial charge is 0.378 e. The van der Waals surface area contributed by atoms with Gasteiger partial charge in [-0.2, -0.15) is 0 Å². The summed E-state index contributed by atoms with van der Waals surface area (Å²) >= 11 is 15.8. The number of ether oxygens (including phenoxy) is 1. The Morgan fingerprint density at radius 1 is 1.21 bits per heavy atom. The van der Waals surface area contributed by atoms with Gasteiger partial charge in [0.1, 0.15) is 0 Å². The lowest BCUT2D eigenvalue weighted by molar-refractivity contribution is -0.0662. The number of rotatable bonds is 2. The zero-order chi connectivity index (χ0) is 14.4. The smallest absolute Gasteiger partial charge is 0.0835 e. The van der Waals surface area contributed by atoms with E-state index < -0.39 is 0 Å². The summed E-state index contributed by atoms with van der Waals surface area (Å²) in [4.78, 5) is 0. The summed E-state index contributed by atoms with van der Waals surface area (Å²) < 4.78 is 6.87. The molecular formula is C14H18BrCl2NO. The highest BCUT2D eigenvalue weighted by atomic mass is 79.9. The summed E-state index contributed by atoms with van der Waals surface area (Å²) in [7, 11) is 0. The molecule has 0 amide bonds. The summed E-state index contributed by atoms with van der Waals surface area (Å²) in [6.07, 6.45) is 0.921.